The van der Waals surface area contributed by atoms with Gasteiger partial charge in [0.2, 0.25) is 5.78 Å². The van der Waals surface area contributed by atoms with Crippen LogP contribution in [0.4, 0.5) is 0 Å². The van der Waals surface area contributed by atoms with Crippen molar-refractivity contribution in [1.29, 1.82) is 0 Å². The molecule has 0 amide bonds. The Hall–Kier alpha value is -3.93. The summed E-state index contributed by atoms with van der Waals surface area (Å²) in [6.45, 7) is 0. The van der Waals surface area contributed by atoms with Crippen LogP contribution in [0.15, 0.2) is 66.7 Å². The van der Waals surface area contributed by atoms with E-state index in [0.717, 1.165) is 11.1 Å². The molecule has 0 spiro atoms. The van der Waals surface area contributed by atoms with Crippen LogP contribution in [0.5, 0.6) is 17.2 Å². The van der Waals surface area contributed by atoms with Crippen LogP contribution in [0.2, 0.25) is 0 Å². The highest BCUT2D eigenvalue weighted by atomic mass is 16.5. The van der Waals surface area contributed by atoms with Crippen molar-refractivity contribution >= 4 is 17.8 Å². The molecule has 1 aromatic heterocycles. The number of pyridine rings is 1. The molecular weight excluding hydrogens is 382 g/mol. The molecule has 0 fully saturated rings. The van der Waals surface area contributed by atoms with Gasteiger partial charge in [0.1, 0.15) is 17.2 Å². The average Bonchev–Trinajstić information content (AvgIpc) is 3.09. The number of nitrogens with zero attached hydrogens (tertiary/aromatic N) is 1. The average molecular weight is 399 g/mol. The fourth-order valence-corrected chi connectivity index (χ4v) is 3.90. The number of hydrogen-bond acceptors (Lipinski definition) is 6. The molecule has 0 bridgehead atoms. The smallest absolute Gasteiger partial charge is 0.312 e. The van der Waals surface area contributed by atoms with Crippen molar-refractivity contribution in [2.24, 2.45) is 0 Å². The van der Waals surface area contributed by atoms with Gasteiger partial charge in [-0.2, -0.15) is 0 Å². The largest absolute Gasteiger partial charge is 0.496 e. The van der Waals surface area contributed by atoms with E-state index < -0.39 is 0 Å². The van der Waals surface area contributed by atoms with Gasteiger partial charge >= 0.3 is 5.97 Å². The highest BCUT2D eigenvalue weighted by Gasteiger charge is 2.38. The first-order valence-electron chi connectivity index (χ1n) is 9.50. The van der Waals surface area contributed by atoms with Crippen molar-refractivity contribution in [2.45, 2.75) is 12.3 Å². The summed E-state index contributed by atoms with van der Waals surface area (Å²) in [7, 11) is 1.58. The molecule has 3 aromatic rings. The summed E-state index contributed by atoms with van der Waals surface area (Å²) in [4.78, 5) is 29.4. The molecule has 3 heterocycles. The summed E-state index contributed by atoms with van der Waals surface area (Å²) >= 11 is 0. The summed E-state index contributed by atoms with van der Waals surface area (Å²) in [6.07, 6.45) is 5.21. The van der Waals surface area contributed by atoms with Crippen molar-refractivity contribution in [3.05, 3.63) is 88.9 Å². The third-order valence-corrected chi connectivity index (χ3v) is 5.29. The van der Waals surface area contributed by atoms with Gasteiger partial charge in [0.25, 0.3) is 0 Å². The van der Waals surface area contributed by atoms with Crippen molar-refractivity contribution in [1.82, 2.24) is 4.98 Å². The maximum absolute atomic E-state index is 13.0. The zero-order valence-corrected chi connectivity index (χ0v) is 16.1. The maximum Gasteiger partial charge on any atom is 0.312 e. The SMILES string of the molecule is COc1ccccc1C=C1Oc2c(ccc3c2C(c2cccnc2)CC(=O)O3)C1=O. The van der Waals surface area contributed by atoms with E-state index in [2.05, 4.69) is 4.98 Å². The number of allylic oxidation sites excluding steroid dienone is 1. The van der Waals surface area contributed by atoms with Crippen LogP contribution >= 0.6 is 0 Å². The number of ether oxygens (including phenoxy) is 3. The summed E-state index contributed by atoms with van der Waals surface area (Å²) < 4.78 is 16.9. The van der Waals surface area contributed by atoms with Gasteiger partial charge in [-0.05, 0) is 35.9 Å². The summed E-state index contributed by atoms with van der Waals surface area (Å²) in [5.41, 5.74) is 2.74. The minimum atomic E-state index is -0.328. The molecule has 5 rings (SSSR count). The predicted octanol–water partition coefficient (Wildman–Crippen LogP) is 4.15. The summed E-state index contributed by atoms with van der Waals surface area (Å²) in [5.74, 6) is 0.825. The quantitative estimate of drug-likeness (QED) is 0.374. The number of methoxy groups -OCH3 is 1. The number of para-hydroxylation sites is 1. The molecule has 148 valence electrons. The van der Waals surface area contributed by atoms with E-state index in [0.29, 0.717) is 28.4 Å². The van der Waals surface area contributed by atoms with E-state index in [9.17, 15) is 9.59 Å². The van der Waals surface area contributed by atoms with Crippen LogP contribution in [-0.2, 0) is 4.79 Å². The number of ketones is 1. The maximum atomic E-state index is 13.0. The molecule has 1 atom stereocenters. The van der Waals surface area contributed by atoms with E-state index >= 15 is 0 Å². The molecular formula is C24H17NO5. The Bertz CT molecular complexity index is 1200. The van der Waals surface area contributed by atoms with Crippen LogP contribution in [0, 0.1) is 0 Å². The molecule has 0 N–H and O–H groups in total. The van der Waals surface area contributed by atoms with Gasteiger partial charge in [-0.15, -0.1) is 0 Å². The zero-order chi connectivity index (χ0) is 20.7. The monoisotopic (exact) mass is 399 g/mol. The molecule has 2 aliphatic heterocycles. The standard InChI is InChI=1S/C24H17NO5/c1-28-18-7-3-2-5-14(18)11-20-23(27)16-8-9-19-22(24(16)30-20)17(12-21(26)29-19)15-6-4-10-25-13-15/h2-11,13,17H,12H2,1H3. The second kappa shape index (κ2) is 7.15. The van der Waals surface area contributed by atoms with Gasteiger partial charge < -0.3 is 14.2 Å². The fraction of sp³-hybridized carbons (Fsp3) is 0.125. The first-order valence-corrected chi connectivity index (χ1v) is 9.50. The van der Waals surface area contributed by atoms with Crippen molar-refractivity contribution < 1.29 is 23.8 Å². The second-order valence-electron chi connectivity index (χ2n) is 7.05. The highest BCUT2D eigenvalue weighted by Crippen LogP contribution is 2.48. The first-order chi connectivity index (χ1) is 14.7. The Morgan fingerprint density at radius 3 is 2.73 bits per heavy atom. The van der Waals surface area contributed by atoms with Gasteiger partial charge in [-0.1, -0.05) is 24.3 Å². The number of esters is 1. The van der Waals surface area contributed by atoms with Crippen LogP contribution in [-0.4, -0.2) is 23.8 Å². The number of rotatable bonds is 3. The van der Waals surface area contributed by atoms with E-state index in [1.807, 2.05) is 36.4 Å². The molecule has 2 aliphatic rings. The zero-order valence-electron chi connectivity index (χ0n) is 16.1. The Morgan fingerprint density at radius 2 is 1.93 bits per heavy atom. The van der Waals surface area contributed by atoms with E-state index in [1.54, 1.807) is 37.7 Å². The molecule has 0 saturated carbocycles. The van der Waals surface area contributed by atoms with Crippen molar-refractivity contribution in [3.8, 4) is 17.2 Å². The predicted molar refractivity (Wildman–Crippen MR) is 109 cm³/mol. The van der Waals surface area contributed by atoms with E-state index in [1.165, 1.54) is 0 Å². The molecule has 1 unspecified atom stereocenters. The number of hydrogen-bond donors (Lipinski definition) is 0. The van der Waals surface area contributed by atoms with Crippen LogP contribution in [0.25, 0.3) is 6.08 Å². The number of carbonyl (C=O) groups is 2. The second-order valence-corrected chi connectivity index (χ2v) is 7.05. The summed E-state index contributed by atoms with van der Waals surface area (Å²) in [5, 5.41) is 0. The highest BCUT2D eigenvalue weighted by molar-refractivity contribution is 6.15. The molecule has 6 nitrogen and oxygen atoms in total. The lowest BCUT2D eigenvalue weighted by Gasteiger charge is -2.26. The van der Waals surface area contributed by atoms with Crippen molar-refractivity contribution in [3.63, 3.8) is 0 Å². The lowest BCUT2D eigenvalue weighted by molar-refractivity contribution is -0.135. The third-order valence-electron chi connectivity index (χ3n) is 5.29. The molecule has 0 radical (unpaired) electrons. The van der Waals surface area contributed by atoms with Gasteiger partial charge in [0.15, 0.2) is 5.76 Å². The molecule has 0 saturated heterocycles. The Balaban J connectivity index is 1.62. The lowest BCUT2D eigenvalue weighted by Crippen LogP contribution is -2.21. The molecule has 0 aliphatic carbocycles. The lowest BCUT2D eigenvalue weighted by atomic mass is 9.85. The number of carbonyl (C=O) groups excluding carboxylic acids is 2. The normalized spacial score (nSPS) is 18.4. The van der Waals surface area contributed by atoms with Gasteiger partial charge in [0.05, 0.1) is 19.1 Å². The van der Waals surface area contributed by atoms with Gasteiger partial charge in [-0.3, -0.25) is 14.6 Å². The third kappa shape index (κ3) is 2.93. The van der Waals surface area contributed by atoms with Crippen LogP contribution in [0.1, 0.15) is 39.4 Å². The topological polar surface area (TPSA) is 74.7 Å². The van der Waals surface area contributed by atoms with Crippen LogP contribution < -0.4 is 14.2 Å². The van der Waals surface area contributed by atoms with E-state index in [4.69, 9.17) is 14.2 Å². The Morgan fingerprint density at radius 1 is 1.07 bits per heavy atom. The number of fused-ring (bicyclic) bond motifs is 3. The molecule has 2 aromatic carbocycles. The minimum absolute atomic E-state index is 0.151. The number of aromatic nitrogens is 1. The first kappa shape index (κ1) is 18.1. The minimum Gasteiger partial charge on any atom is -0.496 e. The summed E-state index contributed by atoms with van der Waals surface area (Å²) in [6, 6.07) is 14.4. The number of benzene rings is 2. The molecule has 30 heavy (non-hydrogen) atoms. The Labute approximate surface area is 172 Å². The van der Waals surface area contributed by atoms with Crippen molar-refractivity contribution in [2.75, 3.05) is 7.11 Å². The number of Topliss-reactive ketones (excluding diaryl/α,β-unsaturated/α-hetero) is 1. The Kier molecular flexibility index (Phi) is 4.32. The van der Waals surface area contributed by atoms with E-state index in [-0.39, 0.29) is 29.9 Å². The molecule has 6 heteroatoms. The van der Waals surface area contributed by atoms with Crippen LogP contribution in [0.3, 0.4) is 0 Å². The van der Waals surface area contributed by atoms with Gasteiger partial charge in [0, 0.05) is 29.4 Å². The fourth-order valence-electron chi connectivity index (χ4n) is 3.90. The van der Waals surface area contributed by atoms with Gasteiger partial charge in [-0.25, -0.2) is 0 Å².